The van der Waals surface area contributed by atoms with Gasteiger partial charge in [0.05, 0.1) is 6.10 Å². The van der Waals surface area contributed by atoms with Crippen LogP contribution >= 0.6 is 0 Å². The summed E-state index contributed by atoms with van der Waals surface area (Å²) in [6.45, 7) is 11.1. The van der Waals surface area contributed by atoms with Gasteiger partial charge in [-0.2, -0.15) is 15.0 Å². The van der Waals surface area contributed by atoms with Gasteiger partial charge in [-0.05, 0) is 19.3 Å². The van der Waals surface area contributed by atoms with E-state index in [0.717, 1.165) is 6.54 Å². The molecule has 1 aromatic rings. The molecule has 6 nitrogen and oxygen atoms in total. The van der Waals surface area contributed by atoms with E-state index >= 15 is 0 Å². The van der Waals surface area contributed by atoms with Crippen LogP contribution in [0.4, 0.5) is 11.9 Å². The van der Waals surface area contributed by atoms with E-state index in [9.17, 15) is 0 Å². The molecule has 0 amide bonds. The third kappa shape index (κ3) is 5.16. The lowest BCUT2D eigenvalue weighted by Crippen LogP contribution is -2.21. The first kappa shape index (κ1) is 14.5. The summed E-state index contributed by atoms with van der Waals surface area (Å²) in [7, 11) is 1.77. The fourth-order valence-electron chi connectivity index (χ4n) is 1.16. The molecule has 18 heavy (non-hydrogen) atoms. The summed E-state index contributed by atoms with van der Waals surface area (Å²) in [6.07, 6.45) is 0.0348. The van der Waals surface area contributed by atoms with Crippen LogP contribution in [0.15, 0.2) is 0 Å². The predicted molar refractivity (Wildman–Crippen MR) is 73.1 cm³/mol. The van der Waals surface area contributed by atoms with Gasteiger partial charge in [-0.1, -0.05) is 20.8 Å². The molecular formula is C12H23N5O. The molecule has 0 aliphatic heterocycles. The fraction of sp³-hybridized carbons (Fsp3) is 0.750. The number of rotatable bonds is 5. The van der Waals surface area contributed by atoms with Crippen molar-refractivity contribution in [3.63, 3.8) is 0 Å². The van der Waals surface area contributed by atoms with Crippen LogP contribution in [0.3, 0.4) is 0 Å². The monoisotopic (exact) mass is 253 g/mol. The zero-order valence-corrected chi connectivity index (χ0v) is 12.0. The van der Waals surface area contributed by atoms with Crippen molar-refractivity contribution in [2.75, 3.05) is 24.2 Å². The highest BCUT2D eigenvalue weighted by Crippen LogP contribution is 2.16. The van der Waals surface area contributed by atoms with Crippen molar-refractivity contribution < 1.29 is 4.74 Å². The third-order valence-electron chi connectivity index (χ3n) is 1.96. The molecule has 0 radical (unpaired) electrons. The molecule has 2 N–H and O–H groups in total. The molecule has 0 saturated heterocycles. The van der Waals surface area contributed by atoms with Crippen molar-refractivity contribution in [3.8, 4) is 6.01 Å². The number of anilines is 2. The van der Waals surface area contributed by atoms with E-state index < -0.39 is 0 Å². The van der Waals surface area contributed by atoms with Gasteiger partial charge >= 0.3 is 6.01 Å². The second kappa shape index (κ2) is 5.84. The van der Waals surface area contributed by atoms with E-state index in [0.29, 0.717) is 17.9 Å². The van der Waals surface area contributed by atoms with E-state index in [2.05, 4.69) is 46.4 Å². The molecule has 0 bridgehead atoms. The van der Waals surface area contributed by atoms with Gasteiger partial charge in [0.1, 0.15) is 0 Å². The van der Waals surface area contributed by atoms with Crippen LogP contribution in [-0.2, 0) is 0 Å². The highest BCUT2D eigenvalue weighted by Gasteiger charge is 2.12. The molecule has 0 fully saturated rings. The smallest absolute Gasteiger partial charge is 0.323 e. The first-order chi connectivity index (χ1) is 8.30. The van der Waals surface area contributed by atoms with E-state index in [1.807, 2.05) is 13.8 Å². The van der Waals surface area contributed by atoms with Crippen LogP contribution in [0.1, 0.15) is 34.6 Å². The van der Waals surface area contributed by atoms with Crippen LogP contribution in [0.2, 0.25) is 0 Å². The van der Waals surface area contributed by atoms with Gasteiger partial charge in [0, 0.05) is 13.6 Å². The van der Waals surface area contributed by atoms with Gasteiger partial charge in [-0.15, -0.1) is 0 Å². The van der Waals surface area contributed by atoms with Gasteiger partial charge in [-0.3, -0.25) is 0 Å². The van der Waals surface area contributed by atoms with Crippen molar-refractivity contribution in [1.29, 1.82) is 0 Å². The summed E-state index contributed by atoms with van der Waals surface area (Å²) in [6, 6.07) is 0.334. The Bertz CT molecular complexity index is 387. The average Bonchev–Trinajstić information content (AvgIpc) is 2.24. The number of hydrogen-bond acceptors (Lipinski definition) is 6. The normalized spacial score (nSPS) is 11.5. The maximum absolute atomic E-state index is 5.49. The van der Waals surface area contributed by atoms with Crippen molar-refractivity contribution in [2.45, 2.75) is 40.7 Å². The largest absolute Gasteiger partial charge is 0.461 e. The maximum atomic E-state index is 5.49. The summed E-state index contributed by atoms with van der Waals surface area (Å²) < 4.78 is 5.49. The molecule has 0 aliphatic carbocycles. The minimum absolute atomic E-state index is 0.0348. The molecule has 1 aromatic heterocycles. The van der Waals surface area contributed by atoms with Crippen molar-refractivity contribution in [1.82, 2.24) is 15.0 Å². The van der Waals surface area contributed by atoms with Crippen LogP contribution < -0.4 is 15.4 Å². The zero-order chi connectivity index (χ0) is 13.8. The predicted octanol–water partition coefficient (Wildman–Crippen LogP) is 2.16. The van der Waals surface area contributed by atoms with Crippen molar-refractivity contribution in [2.24, 2.45) is 5.41 Å². The van der Waals surface area contributed by atoms with Gasteiger partial charge in [0.2, 0.25) is 11.9 Å². The lowest BCUT2D eigenvalue weighted by atomic mass is 9.97. The Morgan fingerprint density at radius 1 is 1.11 bits per heavy atom. The van der Waals surface area contributed by atoms with E-state index in [4.69, 9.17) is 4.74 Å². The Morgan fingerprint density at radius 3 is 2.22 bits per heavy atom. The van der Waals surface area contributed by atoms with Gasteiger partial charge in [0.15, 0.2) is 0 Å². The van der Waals surface area contributed by atoms with Gasteiger partial charge in [0.25, 0.3) is 0 Å². The average molecular weight is 253 g/mol. The third-order valence-corrected chi connectivity index (χ3v) is 1.96. The molecule has 0 spiro atoms. The van der Waals surface area contributed by atoms with E-state index in [-0.39, 0.29) is 11.5 Å². The first-order valence-corrected chi connectivity index (χ1v) is 6.14. The summed E-state index contributed by atoms with van der Waals surface area (Å²) in [5.41, 5.74) is 0.158. The summed E-state index contributed by atoms with van der Waals surface area (Å²) >= 11 is 0. The zero-order valence-electron chi connectivity index (χ0n) is 12.0. The number of hydrogen-bond donors (Lipinski definition) is 2. The topological polar surface area (TPSA) is 72.0 Å². The fourth-order valence-corrected chi connectivity index (χ4v) is 1.16. The Morgan fingerprint density at radius 2 is 1.72 bits per heavy atom. The molecule has 0 aliphatic rings. The molecule has 102 valence electrons. The molecule has 0 aromatic carbocycles. The molecule has 0 unspecified atom stereocenters. The Labute approximate surface area is 109 Å². The summed E-state index contributed by atoms with van der Waals surface area (Å²) in [4.78, 5) is 12.6. The molecule has 6 heteroatoms. The SMILES string of the molecule is CNc1nc(NCC(C)(C)C)nc(OC(C)C)n1. The Kier molecular flexibility index (Phi) is 4.69. The highest BCUT2D eigenvalue weighted by molar-refractivity contribution is 5.35. The Hall–Kier alpha value is -1.59. The number of nitrogens with one attached hydrogen (secondary N) is 2. The highest BCUT2D eigenvalue weighted by atomic mass is 16.5. The molecule has 0 atom stereocenters. The molecular weight excluding hydrogens is 230 g/mol. The lowest BCUT2D eigenvalue weighted by molar-refractivity contribution is 0.222. The Balaban J connectivity index is 2.83. The number of aromatic nitrogens is 3. The minimum Gasteiger partial charge on any atom is -0.461 e. The molecule has 1 rings (SSSR count). The van der Waals surface area contributed by atoms with Crippen LogP contribution in [0, 0.1) is 5.41 Å². The van der Waals surface area contributed by atoms with E-state index in [1.54, 1.807) is 7.05 Å². The second-order valence-corrected chi connectivity index (χ2v) is 5.60. The number of nitrogens with zero attached hydrogens (tertiary/aromatic N) is 3. The maximum Gasteiger partial charge on any atom is 0.323 e. The van der Waals surface area contributed by atoms with Crippen LogP contribution in [0.25, 0.3) is 0 Å². The standard InChI is InChI=1S/C12H23N5O/c1-8(2)18-11-16-9(13-6)15-10(17-11)14-7-12(3,4)5/h8H,7H2,1-6H3,(H2,13,14,15,16,17). The minimum atomic E-state index is 0.0348. The van der Waals surface area contributed by atoms with Crippen LogP contribution in [0.5, 0.6) is 6.01 Å². The summed E-state index contributed by atoms with van der Waals surface area (Å²) in [5, 5.41) is 6.09. The summed E-state index contributed by atoms with van der Waals surface area (Å²) in [5.74, 6) is 1.02. The van der Waals surface area contributed by atoms with Crippen molar-refractivity contribution in [3.05, 3.63) is 0 Å². The van der Waals surface area contributed by atoms with Crippen LogP contribution in [-0.4, -0.2) is 34.6 Å². The lowest BCUT2D eigenvalue weighted by Gasteiger charge is -2.19. The van der Waals surface area contributed by atoms with Gasteiger partial charge < -0.3 is 15.4 Å². The number of ether oxygens (including phenoxy) is 1. The quantitative estimate of drug-likeness (QED) is 0.838. The van der Waals surface area contributed by atoms with Crippen molar-refractivity contribution >= 4 is 11.9 Å². The molecule has 1 heterocycles. The van der Waals surface area contributed by atoms with E-state index in [1.165, 1.54) is 0 Å². The van der Waals surface area contributed by atoms with Gasteiger partial charge in [-0.25, -0.2) is 0 Å². The first-order valence-electron chi connectivity index (χ1n) is 6.14. The second-order valence-electron chi connectivity index (χ2n) is 5.60. The molecule has 0 saturated carbocycles.